The van der Waals surface area contributed by atoms with Crippen molar-refractivity contribution in [1.82, 2.24) is 20.2 Å². The summed E-state index contributed by atoms with van der Waals surface area (Å²) in [7, 11) is 0. The van der Waals surface area contributed by atoms with E-state index in [1.807, 2.05) is 0 Å². The maximum absolute atomic E-state index is 5.50. The van der Waals surface area contributed by atoms with Gasteiger partial charge in [-0.1, -0.05) is 11.3 Å². The topological polar surface area (TPSA) is 116 Å². The Hall–Kier alpha value is -1.45. The van der Waals surface area contributed by atoms with E-state index in [2.05, 4.69) is 25.6 Å². The summed E-state index contributed by atoms with van der Waals surface area (Å²) in [6.45, 7) is 0. The van der Waals surface area contributed by atoms with Crippen LogP contribution in [-0.2, 0) is 0 Å². The zero-order valence-corrected chi connectivity index (χ0v) is 9.05. The van der Waals surface area contributed by atoms with E-state index in [0.29, 0.717) is 10.8 Å². The van der Waals surface area contributed by atoms with Gasteiger partial charge in [-0.15, -0.1) is 10.2 Å². The Kier molecular flexibility index (Phi) is 2.94. The lowest BCUT2D eigenvalue weighted by atomic mass is 10.6. The largest absolute Gasteiger partial charge is 0.368 e. The van der Waals surface area contributed by atoms with Crippen molar-refractivity contribution in [1.29, 1.82) is 0 Å². The van der Waals surface area contributed by atoms with E-state index in [1.54, 1.807) is 11.6 Å². The number of nitrogen functional groups attached to an aromatic ring is 2. The molecule has 7 nitrogen and oxygen atoms in total. The summed E-state index contributed by atoms with van der Waals surface area (Å²) in [4.78, 5) is 7.90. The van der Waals surface area contributed by atoms with Crippen LogP contribution in [0.5, 0.6) is 0 Å². The normalized spacial score (nSPS) is 10.2. The van der Waals surface area contributed by atoms with Gasteiger partial charge in [-0.2, -0.15) is 4.98 Å². The molecule has 0 saturated carbocycles. The Bertz CT molecular complexity index is 443. The van der Waals surface area contributed by atoms with Crippen molar-refractivity contribution < 1.29 is 0 Å². The molecule has 0 aromatic carbocycles. The quantitative estimate of drug-likeness (QED) is 0.400. The van der Waals surface area contributed by atoms with E-state index in [9.17, 15) is 0 Å². The van der Waals surface area contributed by atoms with Crippen molar-refractivity contribution in [2.45, 2.75) is 9.37 Å². The molecule has 0 radical (unpaired) electrons. The molecule has 2 heterocycles. The highest BCUT2D eigenvalue weighted by Gasteiger charge is 2.05. The lowest BCUT2D eigenvalue weighted by molar-refractivity contribution is 1.00. The molecule has 0 atom stereocenters. The van der Waals surface area contributed by atoms with Gasteiger partial charge < -0.3 is 11.2 Å². The Balaban J connectivity index is 2.24. The third kappa shape index (κ3) is 2.52. The average molecular weight is 241 g/mol. The van der Waals surface area contributed by atoms with E-state index in [-0.39, 0.29) is 5.95 Å². The van der Waals surface area contributed by atoms with Crippen LogP contribution in [-0.4, -0.2) is 20.2 Å². The predicted octanol–water partition coefficient (Wildman–Crippen LogP) is 0.347. The van der Waals surface area contributed by atoms with Crippen molar-refractivity contribution in [3.8, 4) is 0 Å². The van der Waals surface area contributed by atoms with Gasteiger partial charge in [0, 0.05) is 6.07 Å². The first kappa shape index (κ1) is 10.1. The SMILES string of the molecule is NNc1cc(Sc2nncs2)nc(N)n1. The second-order valence-electron chi connectivity index (χ2n) is 2.40. The number of hydrogen-bond donors (Lipinski definition) is 3. The van der Waals surface area contributed by atoms with E-state index in [1.165, 1.54) is 23.1 Å². The number of nitrogens with one attached hydrogen (secondary N) is 1. The summed E-state index contributed by atoms with van der Waals surface area (Å²) in [5, 5.41) is 8.26. The molecule has 78 valence electrons. The second kappa shape index (κ2) is 4.38. The number of aromatic nitrogens is 4. The molecule has 0 bridgehead atoms. The average Bonchev–Trinajstić information content (AvgIpc) is 2.69. The predicted molar refractivity (Wildman–Crippen MR) is 58.3 cm³/mol. The van der Waals surface area contributed by atoms with E-state index >= 15 is 0 Å². The maximum atomic E-state index is 5.50. The van der Waals surface area contributed by atoms with Crippen molar-refractivity contribution in [2.75, 3.05) is 11.2 Å². The highest BCUT2D eigenvalue weighted by molar-refractivity contribution is 8.00. The van der Waals surface area contributed by atoms with Crippen LogP contribution in [0.25, 0.3) is 0 Å². The van der Waals surface area contributed by atoms with Gasteiger partial charge in [0.05, 0.1) is 0 Å². The molecule has 2 aromatic heterocycles. The van der Waals surface area contributed by atoms with Crippen LogP contribution in [0.1, 0.15) is 0 Å². The minimum Gasteiger partial charge on any atom is -0.368 e. The first-order chi connectivity index (χ1) is 7.28. The van der Waals surface area contributed by atoms with Gasteiger partial charge >= 0.3 is 0 Å². The molecule has 5 N–H and O–H groups in total. The fourth-order valence-electron chi connectivity index (χ4n) is 0.866. The Morgan fingerprint density at radius 2 is 2.27 bits per heavy atom. The van der Waals surface area contributed by atoms with Crippen LogP contribution < -0.4 is 17.0 Å². The molecular formula is C6H7N7S2. The van der Waals surface area contributed by atoms with E-state index in [4.69, 9.17) is 11.6 Å². The van der Waals surface area contributed by atoms with Crippen molar-refractivity contribution >= 4 is 34.9 Å². The highest BCUT2D eigenvalue weighted by Crippen LogP contribution is 2.28. The third-order valence-corrected chi connectivity index (χ3v) is 3.10. The van der Waals surface area contributed by atoms with Crippen molar-refractivity contribution in [3.63, 3.8) is 0 Å². The standard InChI is InChI=1S/C6H7N7S2/c7-5-10-3(12-8)1-4(11-5)15-6-13-9-2-14-6/h1-2H,8H2,(H3,7,10,11,12). The summed E-state index contributed by atoms with van der Waals surface area (Å²) in [6, 6.07) is 1.68. The summed E-state index contributed by atoms with van der Waals surface area (Å²) in [5.41, 5.74) is 9.56. The minimum absolute atomic E-state index is 0.164. The molecule has 15 heavy (non-hydrogen) atoms. The number of nitrogens with zero attached hydrogens (tertiary/aromatic N) is 4. The number of hydrazine groups is 1. The Labute approximate surface area is 93.3 Å². The zero-order chi connectivity index (χ0) is 10.7. The molecule has 2 aromatic rings. The van der Waals surface area contributed by atoms with Crippen LogP contribution in [0.3, 0.4) is 0 Å². The smallest absolute Gasteiger partial charge is 0.223 e. The Morgan fingerprint density at radius 3 is 2.93 bits per heavy atom. The molecule has 0 fully saturated rings. The molecule has 0 aliphatic carbocycles. The molecule has 0 aliphatic heterocycles. The van der Waals surface area contributed by atoms with Crippen LogP contribution in [0, 0.1) is 0 Å². The van der Waals surface area contributed by atoms with Gasteiger partial charge in [0.2, 0.25) is 5.95 Å². The maximum Gasteiger partial charge on any atom is 0.223 e. The molecule has 9 heteroatoms. The van der Waals surface area contributed by atoms with Gasteiger partial charge in [0.25, 0.3) is 0 Å². The van der Waals surface area contributed by atoms with Crippen molar-refractivity contribution in [3.05, 3.63) is 11.6 Å². The zero-order valence-electron chi connectivity index (χ0n) is 7.41. The molecule has 0 unspecified atom stereocenters. The molecular weight excluding hydrogens is 234 g/mol. The molecule has 0 amide bonds. The van der Waals surface area contributed by atoms with Gasteiger partial charge in [0.15, 0.2) is 4.34 Å². The molecule has 0 spiro atoms. The number of rotatable bonds is 3. The van der Waals surface area contributed by atoms with Crippen LogP contribution in [0.2, 0.25) is 0 Å². The first-order valence-corrected chi connectivity index (χ1v) is 5.53. The second-order valence-corrected chi connectivity index (χ2v) is 4.50. The van der Waals surface area contributed by atoms with E-state index in [0.717, 1.165) is 4.34 Å². The summed E-state index contributed by atoms with van der Waals surface area (Å²) in [6.07, 6.45) is 0. The lowest BCUT2D eigenvalue weighted by Gasteiger charge is -2.02. The fourth-order valence-corrected chi connectivity index (χ4v) is 2.30. The van der Waals surface area contributed by atoms with E-state index < -0.39 is 0 Å². The number of hydrogen-bond acceptors (Lipinski definition) is 9. The van der Waals surface area contributed by atoms with Crippen LogP contribution in [0.4, 0.5) is 11.8 Å². The van der Waals surface area contributed by atoms with Crippen LogP contribution in [0.15, 0.2) is 20.9 Å². The minimum atomic E-state index is 0.164. The monoisotopic (exact) mass is 241 g/mol. The van der Waals surface area contributed by atoms with Gasteiger partial charge in [0.1, 0.15) is 16.4 Å². The lowest BCUT2D eigenvalue weighted by Crippen LogP contribution is -2.10. The van der Waals surface area contributed by atoms with Crippen molar-refractivity contribution in [2.24, 2.45) is 5.84 Å². The first-order valence-electron chi connectivity index (χ1n) is 3.83. The van der Waals surface area contributed by atoms with Crippen LogP contribution >= 0.6 is 23.1 Å². The Morgan fingerprint density at radius 1 is 1.40 bits per heavy atom. The third-order valence-electron chi connectivity index (χ3n) is 1.40. The fraction of sp³-hybridized carbons (Fsp3) is 0. The molecule has 2 rings (SSSR count). The molecule has 0 saturated heterocycles. The summed E-state index contributed by atoms with van der Waals surface area (Å²) < 4.78 is 0.788. The number of anilines is 2. The van der Waals surface area contributed by atoms with Gasteiger partial charge in [-0.05, 0) is 11.8 Å². The molecule has 0 aliphatic rings. The summed E-state index contributed by atoms with van der Waals surface area (Å²) >= 11 is 2.78. The highest BCUT2D eigenvalue weighted by atomic mass is 32.2. The van der Waals surface area contributed by atoms with Gasteiger partial charge in [-0.25, -0.2) is 10.8 Å². The number of nitrogens with two attached hydrogens (primary N) is 2. The van der Waals surface area contributed by atoms with Gasteiger partial charge in [-0.3, -0.25) is 0 Å². The summed E-state index contributed by atoms with van der Waals surface area (Å²) in [5.74, 6) is 5.86.